The quantitative estimate of drug-likeness (QED) is 0.676. The molecule has 0 spiro atoms. The highest BCUT2D eigenvalue weighted by atomic mass is 16.5. The largest absolute Gasteiger partial charge is 0.385 e. The van der Waals surface area contributed by atoms with Crippen LogP contribution in [0.2, 0.25) is 0 Å². The van der Waals surface area contributed by atoms with Crippen LogP contribution in [0.25, 0.3) is 0 Å². The third kappa shape index (κ3) is 6.17. The molecule has 1 amide bonds. The minimum absolute atomic E-state index is 0.0115. The molecule has 0 aliphatic carbocycles. The van der Waals surface area contributed by atoms with Gasteiger partial charge in [-0.15, -0.1) is 0 Å². The van der Waals surface area contributed by atoms with Gasteiger partial charge in [-0.2, -0.15) is 0 Å². The van der Waals surface area contributed by atoms with E-state index in [0.717, 1.165) is 13.0 Å². The highest BCUT2D eigenvalue weighted by molar-refractivity contribution is 5.77. The molecule has 0 radical (unpaired) electrons. The van der Waals surface area contributed by atoms with Crippen molar-refractivity contribution >= 4 is 5.91 Å². The molecule has 0 unspecified atom stereocenters. The van der Waals surface area contributed by atoms with Crippen molar-refractivity contribution in [3.63, 3.8) is 0 Å². The van der Waals surface area contributed by atoms with Crippen molar-refractivity contribution in [3.8, 4) is 0 Å². The summed E-state index contributed by atoms with van der Waals surface area (Å²) in [5.41, 5.74) is 1.28. The molecule has 0 atom stereocenters. The Morgan fingerprint density at radius 2 is 1.95 bits per heavy atom. The van der Waals surface area contributed by atoms with Crippen molar-refractivity contribution in [2.45, 2.75) is 25.7 Å². The molecule has 1 aromatic rings. The molecule has 0 aromatic heterocycles. The van der Waals surface area contributed by atoms with Gasteiger partial charge >= 0.3 is 0 Å². The Morgan fingerprint density at radius 1 is 1.25 bits per heavy atom. The van der Waals surface area contributed by atoms with E-state index in [1.165, 1.54) is 5.56 Å². The summed E-state index contributed by atoms with van der Waals surface area (Å²) in [6.45, 7) is 6.80. The standard InChI is InChI=1S/C16H26N2O2/c1-16(2,14-8-5-4-6-9-14)13-17-12-15(19)18-10-7-11-20-3/h4-6,8-9,17H,7,10-13H2,1-3H3,(H,18,19). The zero-order valence-corrected chi connectivity index (χ0v) is 12.7. The molecule has 4 nitrogen and oxygen atoms in total. The number of carbonyl (C=O) groups is 1. The second-order valence-electron chi connectivity index (χ2n) is 5.55. The average molecular weight is 278 g/mol. The minimum atomic E-state index is 0.0115. The Morgan fingerprint density at radius 3 is 2.60 bits per heavy atom. The van der Waals surface area contributed by atoms with E-state index in [0.29, 0.717) is 19.7 Å². The molecule has 4 heteroatoms. The van der Waals surface area contributed by atoms with Gasteiger partial charge in [-0.1, -0.05) is 44.2 Å². The Bertz CT molecular complexity index is 391. The molecule has 1 aromatic carbocycles. The van der Waals surface area contributed by atoms with E-state index in [1.54, 1.807) is 7.11 Å². The van der Waals surface area contributed by atoms with Crippen LogP contribution >= 0.6 is 0 Å². The fourth-order valence-electron chi connectivity index (χ4n) is 1.99. The summed E-state index contributed by atoms with van der Waals surface area (Å²) in [6.07, 6.45) is 0.845. The first-order chi connectivity index (χ1) is 9.56. The number of benzene rings is 1. The van der Waals surface area contributed by atoms with Crippen molar-refractivity contribution in [1.82, 2.24) is 10.6 Å². The van der Waals surface area contributed by atoms with Gasteiger partial charge in [0.05, 0.1) is 6.54 Å². The lowest BCUT2D eigenvalue weighted by Gasteiger charge is -2.25. The lowest BCUT2D eigenvalue weighted by molar-refractivity contribution is -0.120. The van der Waals surface area contributed by atoms with E-state index in [2.05, 4.69) is 36.6 Å². The van der Waals surface area contributed by atoms with Gasteiger partial charge in [0, 0.05) is 32.2 Å². The van der Waals surface area contributed by atoms with Crippen molar-refractivity contribution < 1.29 is 9.53 Å². The number of carbonyl (C=O) groups excluding carboxylic acids is 1. The van der Waals surface area contributed by atoms with E-state index in [-0.39, 0.29) is 11.3 Å². The highest BCUT2D eigenvalue weighted by Gasteiger charge is 2.19. The topological polar surface area (TPSA) is 50.4 Å². The number of amides is 1. The molecule has 0 aliphatic rings. The summed E-state index contributed by atoms with van der Waals surface area (Å²) < 4.78 is 4.93. The molecule has 0 aliphatic heterocycles. The molecule has 0 bridgehead atoms. The second kappa shape index (κ2) is 8.72. The van der Waals surface area contributed by atoms with Crippen LogP contribution in [-0.2, 0) is 14.9 Å². The molecule has 0 heterocycles. The van der Waals surface area contributed by atoms with E-state index < -0.39 is 0 Å². The van der Waals surface area contributed by atoms with Gasteiger partial charge in [0.25, 0.3) is 0 Å². The van der Waals surface area contributed by atoms with Gasteiger partial charge in [0.2, 0.25) is 5.91 Å². The number of rotatable bonds is 9. The Kier molecular flexibility index (Phi) is 7.26. The summed E-state index contributed by atoms with van der Waals surface area (Å²) in [7, 11) is 1.66. The van der Waals surface area contributed by atoms with Gasteiger partial charge in [-0.05, 0) is 12.0 Å². The number of hydrogen-bond acceptors (Lipinski definition) is 3. The zero-order valence-electron chi connectivity index (χ0n) is 12.7. The SMILES string of the molecule is COCCCNC(=O)CNCC(C)(C)c1ccccc1. The lowest BCUT2D eigenvalue weighted by Crippen LogP contribution is -2.40. The first-order valence-corrected chi connectivity index (χ1v) is 7.08. The van der Waals surface area contributed by atoms with Crippen LogP contribution in [0.1, 0.15) is 25.8 Å². The second-order valence-corrected chi connectivity index (χ2v) is 5.55. The molecule has 112 valence electrons. The van der Waals surface area contributed by atoms with E-state index in [4.69, 9.17) is 4.74 Å². The summed E-state index contributed by atoms with van der Waals surface area (Å²) in [5, 5.41) is 6.08. The third-order valence-corrected chi connectivity index (χ3v) is 3.26. The first kappa shape index (κ1) is 16.7. The Balaban J connectivity index is 2.24. The molecule has 20 heavy (non-hydrogen) atoms. The molecule has 0 fully saturated rings. The molecular weight excluding hydrogens is 252 g/mol. The maximum Gasteiger partial charge on any atom is 0.233 e. The molecule has 0 saturated heterocycles. The number of methoxy groups -OCH3 is 1. The number of ether oxygens (including phenoxy) is 1. The van der Waals surface area contributed by atoms with Crippen LogP contribution in [0.5, 0.6) is 0 Å². The van der Waals surface area contributed by atoms with Crippen molar-refractivity contribution in [2.24, 2.45) is 0 Å². The predicted octanol–water partition coefficient (Wildman–Crippen LogP) is 1.71. The van der Waals surface area contributed by atoms with E-state index >= 15 is 0 Å². The van der Waals surface area contributed by atoms with Gasteiger partial charge in [0.1, 0.15) is 0 Å². The van der Waals surface area contributed by atoms with Crippen LogP contribution in [0.4, 0.5) is 0 Å². The summed E-state index contributed by atoms with van der Waals surface area (Å²) in [4.78, 5) is 11.6. The predicted molar refractivity (Wildman–Crippen MR) is 81.8 cm³/mol. The normalized spacial score (nSPS) is 11.3. The molecule has 1 rings (SSSR count). The fourth-order valence-corrected chi connectivity index (χ4v) is 1.99. The average Bonchev–Trinajstić information content (AvgIpc) is 2.44. The summed E-state index contributed by atoms with van der Waals surface area (Å²) in [5.74, 6) is 0.0324. The zero-order chi connectivity index (χ0) is 14.8. The van der Waals surface area contributed by atoms with Gasteiger partial charge < -0.3 is 15.4 Å². The van der Waals surface area contributed by atoms with Crippen LogP contribution in [0.3, 0.4) is 0 Å². The minimum Gasteiger partial charge on any atom is -0.385 e. The summed E-state index contributed by atoms with van der Waals surface area (Å²) >= 11 is 0. The molecular formula is C16H26N2O2. The van der Waals surface area contributed by atoms with Gasteiger partial charge in [-0.25, -0.2) is 0 Å². The van der Waals surface area contributed by atoms with Crippen molar-refractivity contribution in [2.75, 3.05) is 33.4 Å². The maximum absolute atomic E-state index is 11.6. The van der Waals surface area contributed by atoms with Crippen molar-refractivity contribution in [1.29, 1.82) is 0 Å². The van der Waals surface area contributed by atoms with Crippen molar-refractivity contribution in [3.05, 3.63) is 35.9 Å². The Hall–Kier alpha value is -1.39. The maximum atomic E-state index is 11.6. The summed E-state index contributed by atoms with van der Waals surface area (Å²) in [6, 6.07) is 10.3. The molecule has 2 N–H and O–H groups in total. The van der Waals surface area contributed by atoms with Crippen LogP contribution in [-0.4, -0.2) is 39.3 Å². The third-order valence-electron chi connectivity index (χ3n) is 3.26. The molecule has 0 saturated carbocycles. The monoisotopic (exact) mass is 278 g/mol. The lowest BCUT2D eigenvalue weighted by atomic mass is 9.85. The van der Waals surface area contributed by atoms with Gasteiger partial charge in [-0.3, -0.25) is 4.79 Å². The fraction of sp³-hybridized carbons (Fsp3) is 0.562. The highest BCUT2D eigenvalue weighted by Crippen LogP contribution is 2.21. The van der Waals surface area contributed by atoms with Crippen LogP contribution < -0.4 is 10.6 Å². The number of hydrogen-bond donors (Lipinski definition) is 2. The number of nitrogens with one attached hydrogen (secondary N) is 2. The Labute approximate surface area is 121 Å². The van der Waals surface area contributed by atoms with E-state index in [1.807, 2.05) is 18.2 Å². The first-order valence-electron chi connectivity index (χ1n) is 7.08. The van der Waals surface area contributed by atoms with Crippen LogP contribution in [0.15, 0.2) is 30.3 Å². The van der Waals surface area contributed by atoms with Gasteiger partial charge in [0.15, 0.2) is 0 Å². The van der Waals surface area contributed by atoms with Crippen LogP contribution in [0, 0.1) is 0 Å². The smallest absolute Gasteiger partial charge is 0.233 e. The van der Waals surface area contributed by atoms with E-state index in [9.17, 15) is 4.79 Å².